The second kappa shape index (κ2) is 14.8. The van der Waals surface area contributed by atoms with E-state index in [0.717, 1.165) is 22.7 Å². The van der Waals surface area contributed by atoms with Crippen molar-refractivity contribution < 1.29 is 0 Å². The maximum Gasteiger partial charge on any atom is 0.0541 e. The molecule has 0 saturated carbocycles. The van der Waals surface area contributed by atoms with E-state index in [1.165, 1.54) is 109 Å². The molecule has 69 heavy (non-hydrogen) atoms. The lowest BCUT2D eigenvalue weighted by Crippen LogP contribution is -2.16. The summed E-state index contributed by atoms with van der Waals surface area (Å²) in [7, 11) is 0. The molecular formula is C66H48N2S. The van der Waals surface area contributed by atoms with Crippen LogP contribution < -0.4 is 4.90 Å². The van der Waals surface area contributed by atoms with Gasteiger partial charge in [-0.2, -0.15) is 0 Å². The molecule has 0 aliphatic heterocycles. The summed E-state index contributed by atoms with van der Waals surface area (Å²) in [5.74, 6) is 0. The molecule has 0 bridgehead atoms. The minimum Gasteiger partial charge on any atom is -0.310 e. The van der Waals surface area contributed by atoms with Gasteiger partial charge in [-0.3, -0.25) is 0 Å². The van der Waals surface area contributed by atoms with Gasteiger partial charge in [0.05, 0.1) is 11.0 Å². The molecule has 0 fully saturated rings. The van der Waals surface area contributed by atoms with Gasteiger partial charge in [-0.15, -0.1) is 11.3 Å². The summed E-state index contributed by atoms with van der Waals surface area (Å²) in [6, 6.07) is 81.7. The third kappa shape index (κ3) is 5.97. The Kier molecular flexibility index (Phi) is 8.58. The predicted octanol–water partition coefficient (Wildman–Crippen LogP) is 18.6. The standard InChI is InChI=1S/C66H48N2S/c1-65(2)57-17-9-5-13-49(57)51-33-25-43(37-59(51)65)44-26-34-55-56-36-32-48(40-64(56)69-63(55)38-44)67(47-31-35-52-50-14-6-10-18-58(50)66(3,4)60(52)39-47)45-27-21-41(22-28-45)42-23-29-46(30-24-42)68-61-19-11-7-15-53(61)54-16-8-12-20-62(54)68/h5-40H,1-4H3. The average molecular weight is 901 g/mol. The van der Waals surface area contributed by atoms with Gasteiger partial charge in [0.1, 0.15) is 0 Å². The van der Waals surface area contributed by atoms with E-state index in [4.69, 9.17) is 0 Å². The number of hydrogen-bond donors (Lipinski definition) is 0. The Morgan fingerprint density at radius 1 is 0.333 bits per heavy atom. The van der Waals surface area contributed by atoms with Crippen LogP contribution in [-0.2, 0) is 10.8 Å². The third-order valence-corrected chi connectivity index (χ3v) is 16.7. The van der Waals surface area contributed by atoms with Gasteiger partial charge in [0.2, 0.25) is 0 Å². The zero-order valence-corrected chi connectivity index (χ0v) is 39.9. The summed E-state index contributed by atoms with van der Waals surface area (Å²) in [4.78, 5) is 2.45. The van der Waals surface area contributed by atoms with Crippen molar-refractivity contribution in [1.29, 1.82) is 0 Å². The summed E-state index contributed by atoms with van der Waals surface area (Å²) >= 11 is 1.89. The Balaban J connectivity index is 0.844. The van der Waals surface area contributed by atoms with Crippen LogP contribution in [0.1, 0.15) is 49.9 Å². The molecule has 0 amide bonds. The summed E-state index contributed by atoms with van der Waals surface area (Å²) in [5, 5.41) is 5.14. The van der Waals surface area contributed by atoms with Crippen molar-refractivity contribution in [1.82, 2.24) is 4.57 Å². The number of rotatable bonds is 6. The van der Waals surface area contributed by atoms with Crippen LogP contribution in [0, 0.1) is 0 Å². The minimum absolute atomic E-state index is 0.0361. The van der Waals surface area contributed by atoms with Gasteiger partial charge in [-0.05, 0) is 140 Å². The summed E-state index contributed by atoms with van der Waals surface area (Å²) in [6.07, 6.45) is 0. The molecule has 0 spiro atoms. The van der Waals surface area contributed by atoms with Crippen LogP contribution in [-0.4, -0.2) is 4.57 Å². The number of anilines is 3. The number of para-hydroxylation sites is 2. The first-order chi connectivity index (χ1) is 33.7. The first-order valence-electron chi connectivity index (χ1n) is 24.2. The van der Waals surface area contributed by atoms with Gasteiger partial charge in [-0.25, -0.2) is 0 Å². The number of hydrogen-bond acceptors (Lipinski definition) is 2. The fourth-order valence-corrected chi connectivity index (χ4v) is 13.2. The molecule has 14 rings (SSSR count). The summed E-state index contributed by atoms with van der Waals surface area (Å²) < 4.78 is 4.97. The van der Waals surface area contributed by atoms with Crippen LogP contribution in [0.2, 0.25) is 0 Å². The zero-order chi connectivity index (χ0) is 46.2. The van der Waals surface area contributed by atoms with Crippen molar-refractivity contribution in [2.24, 2.45) is 0 Å². The quantitative estimate of drug-likeness (QED) is 0.161. The molecule has 0 saturated heterocycles. The minimum atomic E-state index is -0.117. The van der Waals surface area contributed by atoms with Gasteiger partial charge in [-0.1, -0.05) is 173 Å². The van der Waals surface area contributed by atoms with Crippen molar-refractivity contribution in [2.75, 3.05) is 4.90 Å². The van der Waals surface area contributed by atoms with Crippen LogP contribution in [0.25, 0.3) is 92.2 Å². The molecule has 2 aliphatic carbocycles. The summed E-state index contributed by atoms with van der Waals surface area (Å²) in [6.45, 7) is 9.46. The number of fused-ring (bicyclic) bond motifs is 12. The SMILES string of the molecule is CC1(C)c2ccccc2-c2ccc(-c3ccc4c(c3)sc3cc(N(c5ccc(-c6ccc(-n7c8ccccc8c8ccccc87)cc6)cc5)c5ccc6c(c5)C(C)(C)c5ccccc5-6)ccc34)cc21. The highest BCUT2D eigenvalue weighted by Crippen LogP contribution is 2.52. The Morgan fingerprint density at radius 2 is 0.768 bits per heavy atom. The van der Waals surface area contributed by atoms with Crippen molar-refractivity contribution in [2.45, 2.75) is 38.5 Å². The van der Waals surface area contributed by atoms with Gasteiger partial charge < -0.3 is 9.47 Å². The third-order valence-electron chi connectivity index (χ3n) is 15.6. The topological polar surface area (TPSA) is 8.17 Å². The lowest BCUT2D eigenvalue weighted by molar-refractivity contribution is 0.660. The molecule has 2 aliphatic rings. The molecule has 0 atom stereocenters. The molecule has 0 radical (unpaired) electrons. The fourth-order valence-electron chi connectivity index (χ4n) is 12.1. The van der Waals surface area contributed by atoms with E-state index >= 15 is 0 Å². The van der Waals surface area contributed by atoms with Crippen LogP contribution in [0.15, 0.2) is 218 Å². The Morgan fingerprint density at radius 3 is 1.42 bits per heavy atom. The second-order valence-corrected chi connectivity index (χ2v) is 21.2. The lowest BCUT2D eigenvalue weighted by Gasteiger charge is -2.28. The van der Waals surface area contributed by atoms with E-state index in [1.54, 1.807) is 0 Å². The van der Waals surface area contributed by atoms with Crippen LogP contribution in [0.3, 0.4) is 0 Å². The molecule has 0 N–H and O–H groups in total. The number of benzene rings is 10. The smallest absolute Gasteiger partial charge is 0.0541 e. The molecule has 12 aromatic rings. The van der Waals surface area contributed by atoms with E-state index in [9.17, 15) is 0 Å². The first kappa shape index (κ1) is 40.1. The first-order valence-corrected chi connectivity index (χ1v) is 25.0. The predicted molar refractivity (Wildman–Crippen MR) is 294 cm³/mol. The van der Waals surface area contributed by atoms with Gasteiger partial charge >= 0.3 is 0 Å². The average Bonchev–Trinajstić information content (AvgIpc) is 4.07. The Bertz CT molecular complexity index is 4010. The molecule has 328 valence electrons. The van der Waals surface area contributed by atoms with Gasteiger partial charge in [0.15, 0.2) is 0 Å². The molecule has 0 unspecified atom stereocenters. The highest BCUT2D eigenvalue weighted by Gasteiger charge is 2.37. The normalized spacial score (nSPS) is 14.0. The lowest BCUT2D eigenvalue weighted by atomic mass is 9.81. The largest absolute Gasteiger partial charge is 0.310 e. The monoisotopic (exact) mass is 900 g/mol. The number of nitrogens with zero attached hydrogens (tertiary/aromatic N) is 2. The van der Waals surface area contributed by atoms with E-state index in [0.29, 0.717) is 0 Å². The number of thiophene rings is 1. The van der Waals surface area contributed by atoms with Crippen LogP contribution in [0.4, 0.5) is 17.1 Å². The van der Waals surface area contributed by atoms with Gasteiger partial charge in [0, 0.05) is 64.5 Å². The maximum atomic E-state index is 2.45. The zero-order valence-electron chi connectivity index (χ0n) is 39.1. The van der Waals surface area contributed by atoms with Crippen molar-refractivity contribution in [3.63, 3.8) is 0 Å². The highest BCUT2D eigenvalue weighted by atomic mass is 32.1. The Hall–Kier alpha value is -7.98. The molecule has 2 heterocycles. The van der Waals surface area contributed by atoms with Crippen LogP contribution in [0.5, 0.6) is 0 Å². The fraction of sp³-hybridized carbons (Fsp3) is 0.0909. The number of aromatic nitrogens is 1. The molecule has 2 nitrogen and oxygen atoms in total. The van der Waals surface area contributed by atoms with E-state index in [2.05, 4.69) is 256 Å². The van der Waals surface area contributed by atoms with Crippen molar-refractivity contribution in [3.8, 4) is 50.2 Å². The summed E-state index contributed by atoms with van der Waals surface area (Å²) in [5.41, 5.74) is 22.7. The van der Waals surface area contributed by atoms with Crippen LogP contribution >= 0.6 is 11.3 Å². The van der Waals surface area contributed by atoms with Crippen molar-refractivity contribution in [3.05, 3.63) is 241 Å². The molecular weight excluding hydrogens is 853 g/mol. The molecule has 3 heteroatoms. The molecule has 10 aromatic carbocycles. The van der Waals surface area contributed by atoms with E-state index < -0.39 is 0 Å². The van der Waals surface area contributed by atoms with Crippen molar-refractivity contribution >= 4 is 70.4 Å². The van der Waals surface area contributed by atoms with E-state index in [1.807, 2.05) is 11.3 Å². The van der Waals surface area contributed by atoms with E-state index in [-0.39, 0.29) is 10.8 Å². The second-order valence-electron chi connectivity index (χ2n) is 20.1. The maximum absolute atomic E-state index is 2.45. The molecule has 2 aromatic heterocycles. The van der Waals surface area contributed by atoms with Gasteiger partial charge in [0.25, 0.3) is 0 Å². The highest BCUT2D eigenvalue weighted by molar-refractivity contribution is 7.25. The Labute approximate surface area is 407 Å².